The number of anilines is 1. The van der Waals surface area contributed by atoms with Crippen LogP contribution in [0.5, 0.6) is 0 Å². The molecule has 2 aromatic heterocycles. The molecule has 0 saturated carbocycles. The van der Waals surface area contributed by atoms with Gasteiger partial charge in [-0.25, -0.2) is 9.98 Å². The van der Waals surface area contributed by atoms with E-state index in [0.717, 1.165) is 29.6 Å². The molecule has 1 N–H and O–H groups in total. The minimum Gasteiger partial charge on any atom is -0.331 e. The number of benzene rings is 1. The molecular formula is C18H20N6S. The van der Waals surface area contributed by atoms with Gasteiger partial charge in [-0.05, 0) is 37.4 Å². The number of imidazole rings is 1. The summed E-state index contributed by atoms with van der Waals surface area (Å²) < 4.78 is 2.30. The Morgan fingerprint density at radius 1 is 1.20 bits per heavy atom. The van der Waals surface area contributed by atoms with Crippen molar-refractivity contribution in [3.05, 3.63) is 46.7 Å². The van der Waals surface area contributed by atoms with Crippen molar-refractivity contribution >= 4 is 34.3 Å². The number of aliphatic imine (C=N–C) groups is 1. The van der Waals surface area contributed by atoms with Crippen LogP contribution in [0.3, 0.4) is 0 Å². The van der Waals surface area contributed by atoms with Crippen LogP contribution in [0, 0.1) is 0 Å². The Labute approximate surface area is 150 Å². The summed E-state index contributed by atoms with van der Waals surface area (Å²) in [5.74, 6) is 1.88. The van der Waals surface area contributed by atoms with Gasteiger partial charge in [0.1, 0.15) is 6.17 Å². The maximum Gasteiger partial charge on any atom is 0.216 e. The molecule has 1 aromatic carbocycles. The van der Waals surface area contributed by atoms with Crippen LogP contribution in [-0.2, 0) is 0 Å². The molecule has 25 heavy (non-hydrogen) atoms. The Kier molecular flexibility index (Phi) is 3.33. The molecule has 0 amide bonds. The molecule has 0 aliphatic carbocycles. The fraction of sp³-hybridized carbons (Fsp3) is 0.333. The molecule has 128 valence electrons. The van der Waals surface area contributed by atoms with Crippen molar-refractivity contribution in [3.8, 4) is 0 Å². The minimum absolute atomic E-state index is 0.0306. The molecule has 0 fully saturated rings. The molecule has 6 nitrogen and oxygen atoms in total. The molecular weight excluding hydrogens is 332 g/mol. The normalized spacial score (nSPS) is 20.4. The lowest BCUT2D eigenvalue weighted by molar-refractivity contribution is 0.221. The van der Waals surface area contributed by atoms with Crippen LogP contribution in [-0.4, -0.2) is 39.8 Å². The van der Waals surface area contributed by atoms with Crippen molar-refractivity contribution in [1.82, 2.24) is 19.8 Å². The van der Waals surface area contributed by atoms with Crippen molar-refractivity contribution < 1.29 is 0 Å². The van der Waals surface area contributed by atoms with Crippen molar-refractivity contribution in [1.29, 1.82) is 0 Å². The average Bonchev–Trinajstić information content (AvgIpc) is 3.28. The quantitative estimate of drug-likeness (QED) is 0.770. The van der Waals surface area contributed by atoms with Crippen molar-refractivity contribution in [2.75, 3.05) is 18.2 Å². The molecule has 5 rings (SSSR count). The molecule has 2 aliphatic rings. The largest absolute Gasteiger partial charge is 0.331 e. The fourth-order valence-electron chi connectivity index (χ4n) is 3.45. The third-order valence-corrected chi connectivity index (χ3v) is 5.79. The second-order valence-electron chi connectivity index (χ2n) is 6.71. The van der Waals surface area contributed by atoms with E-state index < -0.39 is 0 Å². The van der Waals surface area contributed by atoms with Gasteiger partial charge in [0, 0.05) is 10.9 Å². The zero-order valence-corrected chi connectivity index (χ0v) is 15.1. The van der Waals surface area contributed by atoms with Crippen LogP contribution < -0.4 is 10.2 Å². The maximum absolute atomic E-state index is 4.94. The van der Waals surface area contributed by atoms with Gasteiger partial charge in [0.2, 0.25) is 11.9 Å². The summed E-state index contributed by atoms with van der Waals surface area (Å²) >= 11 is 1.75. The maximum atomic E-state index is 4.94. The van der Waals surface area contributed by atoms with E-state index in [1.807, 2.05) is 6.07 Å². The van der Waals surface area contributed by atoms with E-state index in [2.05, 4.69) is 69.2 Å². The van der Waals surface area contributed by atoms with Crippen LogP contribution in [0.15, 0.2) is 46.8 Å². The van der Waals surface area contributed by atoms with Crippen LogP contribution in [0.25, 0.3) is 11.0 Å². The van der Waals surface area contributed by atoms with Crippen LogP contribution in [0.2, 0.25) is 0 Å². The molecule has 0 saturated heterocycles. The lowest BCUT2D eigenvalue weighted by Crippen LogP contribution is -2.58. The van der Waals surface area contributed by atoms with Crippen LogP contribution in [0.1, 0.15) is 24.9 Å². The molecule has 0 spiro atoms. The topological polar surface area (TPSA) is 48.7 Å². The minimum atomic E-state index is 0.0306. The van der Waals surface area contributed by atoms with Gasteiger partial charge in [0.05, 0.1) is 24.4 Å². The number of rotatable bonds is 2. The van der Waals surface area contributed by atoms with Gasteiger partial charge >= 0.3 is 0 Å². The third kappa shape index (κ3) is 2.26. The van der Waals surface area contributed by atoms with E-state index in [1.165, 1.54) is 4.88 Å². The molecule has 2 aliphatic heterocycles. The second kappa shape index (κ2) is 5.57. The molecule has 0 radical (unpaired) electrons. The first kappa shape index (κ1) is 14.9. The fourth-order valence-corrected chi connectivity index (χ4v) is 4.22. The van der Waals surface area contributed by atoms with Crippen LogP contribution in [0.4, 0.5) is 5.95 Å². The summed E-state index contributed by atoms with van der Waals surface area (Å²) in [4.78, 5) is 15.5. The van der Waals surface area contributed by atoms with E-state index in [0.29, 0.717) is 12.7 Å². The monoisotopic (exact) mass is 352 g/mol. The Hall–Kier alpha value is -2.38. The average molecular weight is 352 g/mol. The molecule has 0 unspecified atom stereocenters. The third-order valence-electron chi connectivity index (χ3n) is 4.87. The lowest BCUT2D eigenvalue weighted by Gasteiger charge is -2.42. The van der Waals surface area contributed by atoms with Gasteiger partial charge in [-0.3, -0.25) is 14.4 Å². The Balaban J connectivity index is 1.70. The highest BCUT2D eigenvalue weighted by molar-refractivity contribution is 7.10. The number of thiophene rings is 1. The first-order valence-electron chi connectivity index (χ1n) is 8.55. The summed E-state index contributed by atoms with van der Waals surface area (Å²) in [6.07, 6.45) is 0.0306. The summed E-state index contributed by atoms with van der Waals surface area (Å²) in [6.45, 7) is 5.92. The standard InChI is InChI=1S/C18H20N6S/c1-12(2)22-10-19-17-21-16(15-8-5-9-25-15)24-14-7-4-3-6-13(14)20-18(24)23(17)11-22/h3-9,12,16H,10-11H2,1-2H3,(H,19,21)/t16-/m0/s1. The van der Waals surface area contributed by atoms with Gasteiger partial charge in [-0.15, -0.1) is 11.3 Å². The summed E-state index contributed by atoms with van der Waals surface area (Å²) in [6, 6.07) is 13.0. The number of nitrogens with zero attached hydrogens (tertiary/aromatic N) is 5. The van der Waals surface area contributed by atoms with Gasteiger partial charge in [0.25, 0.3) is 0 Å². The number of hydrogen-bond acceptors (Lipinski definition) is 6. The predicted octanol–water partition coefficient (Wildman–Crippen LogP) is 3.05. The summed E-state index contributed by atoms with van der Waals surface area (Å²) in [7, 11) is 0. The lowest BCUT2D eigenvalue weighted by atomic mass is 10.3. The first-order valence-corrected chi connectivity index (χ1v) is 9.43. The Morgan fingerprint density at radius 3 is 2.88 bits per heavy atom. The second-order valence-corrected chi connectivity index (χ2v) is 7.69. The highest BCUT2D eigenvalue weighted by Gasteiger charge is 2.36. The smallest absolute Gasteiger partial charge is 0.216 e. The molecule has 7 heteroatoms. The number of aromatic nitrogens is 2. The van der Waals surface area contributed by atoms with Crippen molar-refractivity contribution in [2.24, 2.45) is 4.99 Å². The molecule has 3 aromatic rings. The van der Waals surface area contributed by atoms with Gasteiger partial charge in [0.15, 0.2) is 0 Å². The number of para-hydroxylation sites is 2. The van der Waals surface area contributed by atoms with E-state index >= 15 is 0 Å². The number of nitrogens with one attached hydrogen (secondary N) is 1. The van der Waals surface area contributed by atoms with Gasteiger partial charge in [-0.1, -0.05) is 18.2 Å². The van der Waals surface area contributed by atoms with E-state index in [-0.39, 0.29) is 6.17 Å². The first-order chi connectivity index (χ1) is 12.2. The Bertz CT molecular complexity index is 942. The Morgan fingerprint density at radius 2 is 2.08 bits per heavy atom. The van der Waals surface area contributed by atoms with E-state index in [4.69, 9.17) is 9.98 Å². The van der Waals surface area contributed by atoms with Crippen molar-refractivity contribution in [2.45, 2.75) is 26.1 Å². The van der Waals surface area contributed by atoms with Gasteiger partial charge < -0.3 is 5.32 Å². The van der Waals surface area contributed by atoms with E-state index in [9.17, 15) is 0 Å². The molecule has 0 bridgehead atoms. The molecule has 1 atom stereocenters. The highest BCUT2D eigenvalue weighted by Crippen LogP contribution is 2.35. The predicted molar refractivity (Wildman–Crippen MR) is 102 cm³/mol. The number of fused-ring (bicyclic) bond motifs is 5. The molecule has 4 heterocycles. The number of hydrogen-bond donors (Lipinski definition) is 1. The number of guanidine groups is 1. The van der Waals surface area contributed by atoms with E-state index in [1.54, 1.807) is 11.3 Å². The summed E-state index contributed by atoms with van der Waals surface area (Å²) in [5.41, 5.74) is 2.16. The highest BCUT2D eigenvalue weighted by atomic mass is 32.1. The van der Waals surface area contributed by atoms with Crippen LogP contribution >= 0.6 is 11.3 Å². The SMILES string of the molecule is CC(C)N1CN=C2N[C@H](c3cccs3)n3c(nc4ccccc43)N2C1. The zero-order chi connectivity index (χ0) is 17.0. The van der Waals surface area contributed by atoms with Crippen molar-refractivity contribution in [3.63, 3.8) is 0 Å². The summed E-state index contributed by atoms with van der Waals surface area (Å²) in [5, 5.41) is 5.75. The van der Waals surface area contributed by atoms with Gasteiger partial charge in [-0.2, -0.15) is 0 Å². The zero-order valence-electron chi connectivity index (χ0n) is 14.3.